The largest absolute Gasteiger partial charge is 0.497 e. The molecule has 0 unspecified atom stereocenters. The molecule has 1 N–H and O–H groups in total. The van der Waals surface area contributed by atoms with E-state index in [1.165, 1.54) is 24.3 Å². The average Bonchev–Trinajstić information content (AvgIpc) is 2.62. The molecule has 0 heterocycles. The van der Waals surface area contributed by atoms with E-state index in [0.29, 0.717) is 17.2 Å². The van der Waals surface area contributed by atoms with E-state index >= 15 is 0 Å². The topological polar surface area (TPSA) is 56.8 Å². The molecule has 0 radical (unpaired) electrons. The first-order chi connectivity index (χ1) is 11.9. The number of carbonyl (C=O) groups excluding carboxylic acids is 1. The minimum Gasteiger partial charge on any atom is -0.497 e. The second-order valence-electron chi connectivity index (χ2n) is 5.55. The van der Waals surface area contributed by atoms with Gasteiger partial charge in [-0.1, -0.05) is 0 Å². The van der Waals surface area contributed by atoms with E-state index in [-0.39, 0.29) is 17.8 Å². The fraction of sp³-hybridized carbons (Fsp3) is 0.316. The standard InChI is InChI=1S/C19H22FNO4/c1-12(17-11-16(23-3)9-10-18(17)24-4)21-19(22)13(2)25-15-7-5-14(20)6-8-15/h5-13H,1-4H3,(H,21,22)/t12-,13+/m1/s1. The highest BCUT2D eigenvalue weighted by molar-refractivity contribution is 5.81. The zero-order valence-electron chi connectivity index (χ0n) is 14.7. The van der Waals surface area contributed by atoms with Crippen molar-refractivity contribution in [1.29, 1.82) is 0 Å². The molecule has 0 fully saturated rings. The van der Waals surface area contributed by atoms with Gasteiger partial charge in [-0.3, -0.25) is 4.79 Å². The maximum Gasteiger partial charge on any atom is 0.261 e. The number of nitrogens with one attached hydrogen (secondary N) is 1. The van der Waals surface area contributed by atoms with E-state index in [1.54, 1.807) is 33.3 Å². The Morgan fingerprint density at radius 1 is 1.00 bits per heavy atom. The summed E-state index contributed by atoms with van der Waals surface area (Å²) < 4.78 is 29.0. The number of amides is 1. The van der Waals surface area contributed by atoms with Gasteiger partial charge in [0.05, 0.1) is 20.3 Å². The lowest BCUT2D eigenvalue weighted by atomic mass is 10.1. The molecule has 0 saturated carbocycles. The van der Waals surface area contributed by atoms with Crippen molar-refractivity contribution >= 4 is 5.91 Å². The molecule has 134 valence electrons. The van der Waals surface area contributed by atoms with Crippen molar-refractivity contribution in [2.45, 2.75) is 26.0 Å². The molecule has 0 spiro atoms. The average molecular weight is 347 g/mol. The molecule has 2 atom stereocenters. The summed E-state index contributed by atoms with van der Waals surface area (Å²) in [5.74, 6) is 1.11. The minimum atomic E-state index is -0.732. The number of halogens is 1. The first kappa shape index (κ1) is 18.6. The van der Waals surface area contributed by atoms with Crippen LogP contribution in [0, 0.1) is 5.82 Å². The second-order valence-corrected chi connectivity index (χ2v) is 5.55. The molecule has 6 heteroatoms. The lowest BCUT2D eigenvalue weighted by molar-refractivity contribution is -0.127. The quantitative estimate of drug-likeness (QED) is 0.833. The fourth-order valence-electron chi connectivity index (χ4n) is 2.36. The number of hydrogen-bond donors (Lipinski definition) is 1. The van der Waals surface area contributed by atoms with Crippen molar-refractivity contribution in [3.05, 3.63) is 53.8 Å². The van der Waals surface area contributed by atoms with Gasteiger partial charge in [0.25, 0.3) is 5.91 Å². The molecule has 5 nitrogen and oxygen atoms in total. The van der Waals surface area contributed by atoms with E-state index in [1.807, 2.05) is 13.0 Å². The van der Waals surface area contributed by atoms with Crippen molar-refractivity contribution in [3.63, 3.8) is 0 Å². The summed E-state index contributed by atoms with van der Waals surface area (Å²) in [6.45, 7) is 3.48. The Kier molecular flexibility index (Phi) is 6.22. The lowest BCUT2D eigenvalue weighted by Crippen LogP contribution is -2.37. The van der Waals surface area contributed by atoms with Gasteiger partial charge < -0.3 is 19.5 Å². The Hall–Kier alpha value is -2.76. The molecule has 0 saturated heterocycles. The van der Waals surface area contributed by atoms with Gasteiger partial charge in [-0.15, -0.1) is 0 Å². The van der Waals surface area contributed by atoms with Crippen LogP contribution in [0.3, 0.4) is 0 Å². The Morgan fingerprint density at radius 2 is 1.64 bits per heavy atom. The van der Waals surface area contributed by atoms with Gasteiger partial charge in [0.15, 0.2) is 6.10 Å². The van der Waals surface area contributed by atoms with Crippen molar-refractivity contribution in [2.75, 3.05) is 14.2 Å². The predicted octanol–water partition coefficient (Wildman–Crippen LogP) is 3.49. The maximum atomic E-state index is 12.9. The zero-order chi connectivity index (χ0) is 18.4. The second kappa shape index (κ2) is 8.37. The smallest absolute Gasteiger partial charge is 0.261 e. The van der Waals surface area contributed by atoms with Crippen LogP contribution < -0.4 is 19.5 Å². The number of hydrogen-bond acceptors (Lipinski definition) is 4. The molecule has 0 aliphatic heterocycles. The van der Waals surface area contributed by atoms with E-state index in [4.69, 9.17) is 14.2 Å². The molecular formula is C19H22FNO4. The number of rotatable bonds is 7. The molecule has 2 aromatic rings. The van der Waals surface area contributed by atoms with Gasteiger partial charge in [-0.05, 0) is 56.3 Å². The van der Waals surface area contributed by atoms with Crippen molar-refractivity contribution < 1.29 is 23.4 Å². The Bertz CT molecular complexity index is 718. The molecule has 25 heavy (non-hydrogen) atoms. The monoisotopic (exact) mass is 347 g/mol. The Labute approximate surface area is 146 Å². The molecule has 2 rings (SSSR count). The van der Waals surface area contributed by atoms with Crippen LogP contribution in [0.1, 0.15) is 25.5 Å². The van der Waals surface area contributed by atoms with Gasteiger partial charge in [0, 0.05) is 5.56 Å². The zero-order valence-corrected chi connectivity index (χ0v) is 14.7. The van der Waals surface area contributed by atoms with Gasteiger partial charge in [-0.2, -0.15) is 0 Å². The molecular weight excluding hydrogens is 325 g/mol. The molecule has 0 aromatic heterocycles. The molecule has 2 aromatic carbocycles. The van der Waals surface area contributed by atoms with Crippen LogP contribution in [0.15, 0.2) is 42.5 Å². The van der Waals surface area contributed by atoms with Gasteiger partial charge >= 0.3 is 0 Å². The third kappa shape index (κ3) is 4.86. The summed E-state index contributed by atoms with van der Waals surface area (Å²) >= 11 is 0. The van der Waals surface area contributed by atoms with E-state index in [2.05, 4.69) is 5.32 Å². The van der Waals surface area contributed by atoms with Crippen LogP contribution in [0.25, 0.3) is 0 Å². The highest BCUT2D eigenvalue weighted by Gasteiger charge is 2.20. The van der Waals surface area contributed by atoms with Crippen molar-refractivity contribution in [2.24, 2.45) is 0 Å². The lowest BCUT2D eigenvalue weighted by Gasteiger charge is -2.21. The summed E-state index contributed by atoms with van der Waals surface area (Å²) in [6, 6.07) is 10.6. The van der Waals surface area contributed by atoms with E-state index in [0.717, 1.165) is 5.56 Å². The van der Waals surface area contributed by atoms with Crippen molar-refractivity contribution in [1.82, 2.24) is 5.32 Å². The molecule has 0 aliphatic carbocycles. The fourth-order valence-corrected chi connectivity index (χ4v) is 2.36. The minimum absolute atomic E-state index is 0.290. The summed E-state index contributed by atoms with van der Waals surface area (Å²) in [7, 11) is 3.15. The van der Waals surface area contributed by atoms with E-state index in [9.17, 15) is 9.18 Å². The summed E-state index contributed by atoms with van der Waals surface area (Å²) in [5, 5.41) is 2.88. The highest BCUT2D eigenvalue weighted by Crippen LogP contribution is 2.29. The third-order valence-electron chi connectivity index (χ3n) is 3.76. The number of carbonyl (C=O) groups is 1. The maximum absolute atomic E-state index is 12.9. The van der Waals surface area contributed by atoms with E-state index < -0.39 is 6.10 Å². The predicted molar refractivity (Wildman–Crippen MR) is 92.6 cm³/mol. The molecule has 1 amide bonds. The first-order valence-electron chi connectivity index (χ1n) is 7.89. The Balaban J connectivity index is 2.05. The van der Waals surface area contributed by atoms with Crippen LogP contribution in [-0.2, 0) is 4.79 Å². The first-order valence-corrected chi connectivity index (χ1v) is 7.89. The number of methoxy groups -OCH3 is 2. The van der Waals surface area contributed by atoms with Crippen LogP contribution in [0.5, 0.6) is 17.2 Å². The third-order valence-corrected chi connectivity index (χ3v) is 3.76. The van der Waals surface area contributed by atoms with Crippen molar-refractivity contribution in [3.8, 4) is 17.2 Å². The van der Waals surface area contributed by atoms with Crippen LogP contribution >= 0.6 is 0 Å². The number of benzene rings is 2. The van der Waals surface area contributed by atoms with Gasteiger partial charge in [0.2, 0.25) is 0 Å². The van der Waals surface area contributed by atoms with Crippen LogP contribution in [0.2, 0.25) is 0 Å². The SMILES string of the molecule is COc1ccc(OC)c([C@@H](C)NC(=O)[C@H](C)Oc2ccc(F)cc2)c1. The molecule has 0 bridgehead atoms. The Morgan fingerprint density at radius 3 is 2.24 bits per heavy atom. The number of ether oxygens (including phenoxy) is 3. The highest BCUT2D eigenvalue weighted by atomic mass is 19.1. The summed E-state index contributed by atoms with van der Waals surface area (Å²) in [6.07, 6.45) is -0.732. The van der Waals surface area contributed by atoms with Crippen LogP contribution in [-0.4, -0.2) is 26.2 Å². The van der Waals surface area contributed by atoms with Gasteiger partial charge in [-0.25, -0.2) is 4.39 Å². The van der Waals surface area contributed by atoms with Crippen LogP contribution in [0.4, 0.5) is 4.39 Å². The molecule has 0 aliphatic rings. The summed E-state index contributed by atoms with van der Waals surface area (Å²) in [4.78, 5) is 12.4. The normalized spacial score (nSPS) is 12.8. The summed E-state index contributed by atoms with van der Waals surface area (Å²) in [5.41, 5.74) is 0.796. The van der Waals surface area contributed by atoms with Gasteiger partial charge in [0.1, 0.15) is 23.1 Å².